The molecule has 1 unspecified atom stereocenters. The van der Waals surface area contributed by atoms with Gasteiger partial charge in [0.1, 0.15) is 6.54 Å². The van der Waals surface area contributed by atoms with E-state index in [0.29, 0.717) is 0 Å². The predicted molar refractivity (Wildman–Crippen MR) is 73.3 cm³/mol. The van der Waals surface area contributed by atoms with Gasteiger partial charge in [-0.1, -0.05) is 37.8 Å². The molecule has 0 aromatic carbocycles. The van der Waals surface area contributed by atoms with Crippen molar-refractivity contribution in [1.29, 1.82) is 0 Å². The number of nitrogens with one attached hydrogen (secondary N) is 1. The third kappa shape index (κ3) is 5.81. The van der Waals surface area contributed by atoms with Crippen molar-refractivity contribution in [3.63, 3.8) is 0 Å². The Hall–Kier alpha value is -1.92. The van der Waals surface area contributed by atoms with Gasteiger partial charge in [0.25, 0.3) is 0 Å². The Labute approximate surface area is 118 Å². The number of carboxylic acid groups (broad SMARTS) is 1. The maximum Gasteiger partial charge on any atom is 0.358 e. The van der Waals surface area contributed by atoms with E-state index in [1.54, 1.807) is 0 Å². The second-order valence-electron chi connectivity index (χ2n) is 4.92. The number of rotatable bonds is 9. The van der Waals surface area contributed by atoms with Crippen molar-refractivity contribution in [3.8, 4) is 0 Å². The molecule has 7 nitrogen and oxygen atoms in total. The lowest BCUT2D eigenvalue weighted by Gasteiger charge is -2.13. The zero-order valence-electron chi connectivity index (χ0n) is 12.0. The van der Waals surface area contributed by atoms with Crippen LogP contribution in [0.2, 0.25) is 0 Å². The number of hydrogen-bond acceptors (Lipinski definition) is 4. The van der Waals surface area contributed by atoms with Gasteiger partial charge >= 0.3 is 5.97 Å². The summed E-state index contributed by atoms with van der Waals surface area (Å²) in [5.74, 6) is -1.34. The van der Waals surface area contributed by atoms with Crippen LogP contribution in [0.5, 0.6) is 0 Å². The summed E-state index contributed by atoms with van der Waals surface area (Å²) in [4.78, 5) is 22.4. The SMILES string of the molecule is CCCCCCC(C)NC(=O)Cn1cc(C(=O)O)nn1. The Kier molecular flexibility index (Phi) is 6.69. The predicted octanol–water partition coefficient (Wildman–Crippen LogP) is 1.45. The van der Waals surface area contributed by atoms with E-state index in [9.17, 15) is 9.59 Å². The monoisotopic (exact) mass is 282 g/mol. The molecule has 0 aliphatic heterocycles. The van der Waals surface area contributed by atoms with Gasteiger partial charge < -0.3 is 10.4 Å². The van der Waals surface area contributed by atoms with E-state index in [2.05, 4.69) is 22.6 Å². The van der Waals surface area contributed by atoms with E-state index in [1.165, 1.54) is 30.1 Å². The molecule has 0 radical (unpaired) electrons. The van der Waals surface area contributed by atoms with Crippen molar-refractivity contribution in [2.75, 3.05) is 0 Å². The molecule has 20 heavy (non-hydrogen) atoms. The van der Waals surface area contributed by atoms with E-state index in [-0.39, 0.29) is 24.2 Å². The first-order valence-corrected chi connectivity index (χ1v) is 6.95. The van der Waals surface area contributed by atoms with Gasteiger partial charge in [0, 0.05) is 6.04 Å². The number of carbonyl (C=O) groups excluding carboxylic acids is 1. The normalized spacial score (nSPS) is 12.1. The lowest BCUT2D eigenvalue weighted by Crippen LogP contribution is -2.35. The van der Waals surface area contributed by atoms with Gasteiger partial charge in [-0.05, 0) is 13.3 Å². The van der Waals surface area contributed by atoms with E-state index < -0.39 is 5.97 Å². The molecule has 0 spiro atoms. The quantitative estimate of drug-likeness (QED) is 0.668. The summed E-state index contributed by atoms with van der Waals surface area (Å²) in [6, 6.07) is 0.113. The van der Waals surface area contributed by atoms with Crippen LogP contribution in [0.4, 0.5) is 0 Å². The Morgan fingerprint density at radius 1 is 1.40 bits per heavy atom. The van der Waals surface area contributed by atoms with Crippen molar-refractivity contribution in [3.05, 3.63) is 11.9 Å². The highest BCUT2D eigenvalue weighted by Crippen LogP contribution is 2.05. The fraction of sp³-hybridized carbons (Fsp3) is 0.692. The minimum Gasteiger partial charge on any atom is -0.476 e. The first-order chi connectivity index (χ1) is 9.52. The molecule has 0 aliphatic rings. The Morgan fingerprint density at radius 3 is 2.75 bits per heavy atom. The van der Waals surface area contributed by atoms with Crippen LogP contribution in [0.25, 0.3) is 0 Å². The number of carbonyl (C=O) groups is 2. The van der Waals surface area contributed by atoms with Crippen molar-refractivity contribution in [1.82, 2.24) is 20.3 Å². The zero-order valence-corrected chi connectivity index (χ0v) is 12.0. The highest BCUT2D eigenvalue weighted by molar-refractivity contribution is 5.84. The molecule has 1 rings (SSSR count). The summed E-state index contributed by atoms with van der Waals surface area (Å²) in [5.41, 5.74) is -0.162. The number of aromatic carboxylic acids is 1. The molecule has 7 heteroatoms. The van der Waals surface area contributed by atoms with E-state index in [4.69, 9.17) is 5.11 Å². The van der Waals surface area contributed by atoms with Crippen molar-refractivity contribution in [2.45, 2.75) is 58.5 Å². The number of hydrogen-bond donors (Lipinski definition) is 2. The second-order valence-corrected chi connectivity index (χ2v) is 4.92. The van der Waals surface area contributed by atoms with Gasteiger partial charge in [-0.2, -0.15) is 0 Å². The third-order valence-electron chi connectivity index (χ3n) is 2.96. The lowest BCUT2D eigenvalue weighted by molar-refractivity contribution is -0.122. The fourth-order valence-electron chi connectivity index (χ4n) is 1.89. The molecule has 2 N–H and O–H groups in total. The van der Waals surface area contributed by atoms with Crippen LogP contribution in [0.15, 0.2) is 6.20 Å². The first kappa shape index (κ1) is 16.1. The number of amides is 1. The number of unbranched alkanes of at least 4 members (excludes halogenated alkanes) is 3. The number of aromatic nitrogens is 3. The van der Waals surface area contributed by atoms with E-state index in [1.807, 2.05) is 6.92 Å². The molecule has 0 saturated carbocycles. The van der Waals surface area contributed by atoms with Crippen LogP contribution in [0.3, 0.4) is 0 Å². The molecule has 0 fully saturated rings. The van der Waals surface area contributed by atoms with Gasteiger partial charge in [0.2, 0.25) is 5.91 Å². The Bertz CT molecular complexity index is 445. The van der Waals surface area contributed by atoms with Gasteiger partial charge in [0.05, 0.1) is 6.20 Å². The van der Waals surface area contributed by atoms with Crippen molar-refractivity contribution >= 4 is 11.9 Å². The van der Waals surface area contributed by atoms with Crippen LogP contribution in [0, 0.1) is 0 Å². The Morgan fingerprint density at radius 2 is 2.15 bits per heavy atom. The standard InChI is InChI=1S/C13H22N4O3/c1-3-4-5-6-7-10(2)14-12(18)9-17-8-11(13(19)20)15-16-17/h8,10H,3-7,9H2,1-2H3,(H,14,18)(H,19,20). The number of carboxylic acids is 1. The van der Waals surface area contributed by atoms with Crippen LogP contribution in [-0.2, 0) is 11.3 Å². The minimum absolute atomic E-state index is 0.0143. The summed E-state index contributed by atoms with van der Waals surface area (Å²) in [5, 5.41) is 18.6. The van der Waals surface area contributed by atoms with Crippen LogP contribution in [-0.4, -0.2) is 38.0 Å². The third-order valence-corrected chi connectivity index (χ3v) is 2.96. The fourth-order valence-corrected chi connectivity index (χ4v) is 1.89. The molecule has 1 heterocycles. The summed E-state index contributed by atoms with van der Waals surface area (Å²) >= 11 is 0. The molecule has 112 valence electrons. The molecule has 1 amide bonds. The topological polar surface area (TPSA) is 97.1 Å². The van der Waals surface area contributed by atoms with Crippen molar-refractivity contribution in [2.24, 2.45) is 0 Å². The van der Waals surface area contributed by atoms with E-state index in [0.717, 1.165) is 12.8 Å². The molecular formula is C13H22N4O3. The summed E-state index contributed by atoms with van der Waals surface area (Å²) in [6.07, 6.45) is 6.89. The maximum atomic E-state index is 11.7. The first-order valence-electron chi connectivity index (χ1n) is 6.95. The summed E-state index contributed by atoms with van der Waals surface area (Å²) in [7, 11) is 0. The molecule has 0 bridgehead atoms. The molecule has 1 aromatic heterocycles. The van der Waals surface area contributed by atoms with Crippen LogP contribution in [0.1, 0.15) is 56.4 Å². The average Bonchev–Trinajstić information content (AvgIpc) is 2.83. The highest BCUT2D eigenvalue weighted by Gasteiger charge is 2.12. The maximum absolute atomic E-state index is 11.7. The minimum atomic E-state index is -1.15. The summed E-state index contributed by atoms with van der Waals surface area (Å²) < 4.78 is 1.22. The second kappa shape index (κ2) is 8.29. The van der Waals surface area contributed by atoms with Gasteiger partial charge in [0.15, 0.2) is 5.69 Å². The summed E-state index contributed by atoms with van der Waals surface area (Å²) in [6.45, 7) is 4.11. The molecule has 0 aliphatic carbocycles. The van der Waals surface area contributed by atoms with Crippen LogP contribution < -0.4 is 5.32 Å². The smallest absolute Gasteiger partial charge is 0.358 e. The van der Waals surface area contributed by atoms with E-state index >= 15 is 0 Å². The largest absolute Gasteiger partial charge is 0.476 e. The molecule has 0 saturated heterocycles. The van der Waals surface area contributed by atoms with Crippen LogP contribution >= 0.6 is 0 Å². The Balaban J connectivity index is 2.29. The highest BCUT2D eigenvalue weighted by atomic mass is 16.4. The molecular weight excluding hydrogens is 260 g/mol. The lowest BCUT2D eigenvalue weighted by atomic mass is 10.1. The average molecular weight is 282 g/mol. The van der Waals surface area contributed by atoms with Gasteiger partial charge in [-0.3, -0.25) is 4.79 Å². The molecule has 1 aromatic rings. The zero-order chi connectivity index (χ0) is 15.0. The van der Waals surface area contributed by atoms with Gasteiger partial charge in [-0.25, -0.2) is 9.48 Å². The van der Waals surface area contributed by atoms with Crippen molar-refractivity contribution < 1.29 is 14.7 Å². The van der Waals surface area contributed by atoms with Gasteiger partial charge in [-0.15, -0.1) is 5.10 Å². The number of nitrogens with zero attached hydrogens (tertiary/aromatic N) is 3. The molecule has 1 atom stereocenters.